The molecule has 0 fully saturated rings. The van der Waals surface area contributed by atoms with Gasteiger partial charge in [0, 0.05) is 6.42 Å². The highest BCUT2D eigenvalue weighted by Gasteiger charge is 2.11. The standard InChI is InChI=1S/C13H20O3/c1-3-11(13(15)16)9-7-5-6-8-10-12(14)4-2/h3-4,11H,1-2,5-10H2,(H,15,16). The molecule has 0 rings (SSSR count). The summed E-state index contributed by atoms with van der Waals surface area (Å²) < 4.78 is 0. The molecule has 90 valence electrons. The molecule has 0 spiro atoms. The molecule has 0 heterocycles. The zero-order chi connectivity index (χ0) is 12.4. The SMILES string of the molecule is C=CC(=O)CCCCCCC(C=C)C(=O)O. The number of hydrogen-bond acceptors (Lipinski definition) is 2. The van der Waals surface area contributed by atoms with Crippen LogP contribution in [0.5, 0.6) is 0 Å². The topological polar surface area (TPSA) is 54.4 Å². The van der Waals surface area contributed by atoms with Gasteiger partial charge in [-0.25, -0.2) is 0 Å². The molecule has 0 bridgehead atoms. The van der Waals surface area contributed by atoms with Gasteiger partial charge in [0.25, 0.3) is 0 Å². The lowest BCUT2D eigenvalue weighted by Crippen LogP contribution is -2.10. The minimum atomic E-state index is -0.808. The van der Waals surface area contributed by atoms with Crippen LogP contribution in [0.2, 0.25) is 0 Å². The maximum absolute atomic E-state index is 10.9. The van der Waals surface area contributed by atoms with Gasteiger partial charge >= 0.3 is 5.97 Å². The van der Waals surface area contributed by atoms with Crippen molar-refractivity contribution >= 4 is 11.8 Å². The first-order chi connectivity index (χ1) is 7.61. The predicted octanol–water partition coefficient (Wildman–Crippen LogP) is 2.97. The molecule has 0 aliphatic heterocycles. The van der Waals surface area contributed by atoms with Crippen molar-refractivity contribution in [2.24, 2.45) is 5.92 Å². The fourth-order valence-electron chi connectivity index (χ4n) is 1.46. The zero-order valence-corrected chi connectivity index (χ0v) is 9.65. The van der Waals surface area contributed by atoms with Crippen molar-refractivity contribution in [1.82, 2.24) is 0 Å². The van der Waals surface area contributed by atoms with E-state index in [-0.39, 0.29) is 5.78 Å². The van der Waals surface area contributed by atoms with Crippen molar-refractivity contribution in [3.05, 3.63) is 25.3 Å². The third kappa shape index (κ3) is 6.98. The Morgan fingerprint density at radius 2 is 1.75 bits per heavy atom. The highest BCUT2D eigenvalue weighted by molar-refractivity contribution is 5.88. The number of carbonyl (C=O) groups is 2. The van der Waals surface area contributed by atoms with E-state index in [1.807, 2.05) is 0 Å². The van der Waals surface area contributed by atoms with Gasteiger partial charge in [-0.3, -0.25) is 9.59 Å². The molecule has 0 aliphatic carbocycles. The molecule has 0 aromatic carbocycles. The number of carboxylic acid groups (broad SMARTS) is 1. The van der Waals surface area contributed by atoms with Crippen LogP contribution in [0, 0.1) is 5.92 Å². The van der Waals surface area contributed by atoms with Crippen LogP contribution in [0.25, 0.3) is 0 Å². The molecule has 0 radical (unpaired) electrons. The van der Waals surface area contributed by atoms with Crippen LogP contribution < -0.4 is 0 Å². The Kier molecular flexibility index (Phi) is 8.12. The number of ketones is 1. The quantitative estimate of drug-likeness (QED) is 0.352. The number of carbonyl (C=O) groups excluding carboxylic acids is 1. The van der Waals surface area contributed by atoms with Gasteiger partial charge in [0.2, 0.25) is 0 Å². The molecule has 3 nitrogen and oxygen atoms in total. The van der Waals surface area contributed by atoms with Crippen molar-refractivity contribution in [2.75, 3.05) is 0 Å². The summed E-state index contributed by atoms with van der Waals surface area (Å²) in [6.07, 6.45) is 7.65. The van der Waals surface area contributed by atoms with E-state index in [1.54, 1.807) is 0 Å². The van der Waals surface area contributed by atoms with Crippen molar-refractivity contribution < 1.29 is 14.7 Å². The summed E-state index contributed by atoms with van der Waals surface area (Å²) in [5.74, 6) is -1.17. The molecule has 1 atom stereocenters. The van der Waals surface area contributed by atoms with Crippen LogP contribution in [-0.2, 0) is 9.59 Å². The Morgan fingerprint density at radius 1 is 1.12 bits per heavy atom. The first-order valence-corrected chi connectivity index (χ1v) is 5.62. The van der Waals surface area contributed by atoms with Crippen LogP contribution in [0.4, 0.5) is 0 Å². The van der Waals surface area contributed by atoms with Crippen LogP contribution in [0.3, 0.4) is 0 Å². The van der Waals surface area contributed by atoms with E-state index in [0.717, 1.165) is 25.7 Å². The molecule has 0 saturated carbocycles. The van der Waals surface area contributed by atoms with Crippen LogP contribution >= 0.6 is 0 Å². The lowest BCUT2D eigenvalue weighted by Gasteiger charge is -2.06. The van der Waals surface area contributed by atoms with E-state index in [0.29, 0.717) is 12.8 Å². The highest BCUT2D eigenvalue weighted by atomic mass is 16.4. The Bertz CT molecular complexity index is 256. The summed E-state index contributed by atoms with van der Waals surface area (Å²) >= 11 is 0. The molecule has 0 saturated heterocycles. The first kappa shape index (κ1) is 14.6. The average Bonchev–Trinajstić information content (AvgIpc) is 2.27. The maximum Gasteiger partial charge on any atom is 0.310 e. The molecule has 16 heavy (non-hydrogen) atoms. The highest BCUT2D eigenvalue weighted by Crippen LogP contribution is 2.12. The number of aliphatic carboxylic acids is 1. The van der Waals surface area contributed by atoms with E-state index < -0.39 is 11.9 Å². The van der Waals surface area contributed by atoms with Gasteiger partial charge in [-0.1, -0.05) is 31.9 Å². The number of hydrogen-bond donors (Lipinski definition) is 1. The number of rotatable bonds is 10. The number of allylic oxidation sites excluding steroid dienone is 1. The van der Waals surface area contributed by atoms with Gasteiger partial charge in [-0.15, -0.1) is 6.58 Å². The minimum Gasteiger partial charge on any atom is -0.481 e. The third-order valence-corrected chi connectivity index (χ3v) is 2.52. The summed E-state index contributed by atoms with van der Waals surface area (Å²) in [5.41, 5.74) is 0. The van der Waals surface area contributed by atoms with Gasteiger partial charge in [-0.05, 0) is 18.9 Å². The molecule has 1 N–H and O–H groups in total. The Balaban J connectivity index is 3.46. The Morgan fingerprint density at radius 3 is 2.25 bits per heavy atom. The van der Waals surface area contributed by atoms with Crippen molar-refractivity contribution in [3.8, 4) is 0 Å². The summed E-state index contributed by atoms with van der Waals surface area (Å²) in [6.45, 7) is 6.90. The average molecular weight is 224 g/mol. The van der Waals surface area contributed by atoms with Crippen molar-refractivity contribution in [2.45, 2.75) is 38.5 Å². The lowest BCUT2D eigenvalue weighted by molar-refractivity contribution is -0.140. The molecule has 0 aromatic rings. The fraction of sp³-hybridized carbons (Fsp3) is 0.538. The van der Waals surface area contributed by atoms with E-state index in [9.17, 15) is 9.59 Å². The second-order valence-corrected chi connectivity index (χ2v) is 3.80. The number of carboxylic acids is 1. The van der Waals surface area contributed by atoms with E-state index in [4.69, 9.17) is 5.11 Å². The van der Waals surface area contributed by atoms with E-state index >= 15 is 0 Å². The smallest absolute Gasteiger partial charge is 0.310 e. The van der Waals surface area contributed by atoms with Crippen molar-refractivity contribution in [1.29, 1.82) is 0 Å². The summed E-state index contributed by atoms with van der Waals surface area (Å²) in [6, 6.07) is 0. The Labute approximate surface area is 96.9 Å². The van der Waals surface area contributed by atoms with Gasteiger partial charge in [0.1, 0.15) is 0 Å². The summed E-state index contributed by atoms with van der Waals surface area (Å²) in [4.78, 5) is 21.5. The molecular formula is C13H20O3. The maximum atomic E-state index is 10.9. The predicted molar refractivity (Wildman–Crippen MR) is 64.2 cm³/mol. The number of unbranched alkanes of at least 4 members (excludes halogenated alkanes) is 3. The van der Waals surface area contributed by atoms with Gasteiger partial charge in [0.15, 0.2) is 5.78 Å². The van der Waals surface area contributed by atoms with E-state index in [1.165, 1.54) is 12.2 Å². The second kappa shape index (κ2) is 8.89. The zero-order valence-electron chi connectivity index (χ0n) is 9.65. The van der Waals surface area contributed by atoms with Crippen LogP contribution in [-0.4, -0.2) is 16.9 Å². The monoisotopic (exact) mass is 224 g/mol. The molecule has 1 unspecified atom stereocenters. The van der Waals surface area contributed by atoms with Gasteiger partial charge < -0.3 is 5.11 Å². The fourth-order valence-corrected chi connectivity index (χ4v) is 1.46. The normalized spacial score (nSPS) is 11.8. The molecule has 0 amide bonds. The van der Waals surface area contributed by atoms with Gasteiger partial charge in [0.05, 0.1) is 5.92 Å². The summed E-state index contributed by atoms with van der Waals surface area (Å²) in [5, 5.41) is 8.75. The molecular weight excluding hydrogens is 204 g/mol. The minimum absolute atomic E-state index is 0.0782. The van der Waals surface area contributed by atoms with Crippen molar-refractivity contribution in [3.63, 3.8) is 0 Å². The van der Waals surface area contributed by atoms with Crippen LogP contribution in [0.1, 0.15) is 38.5 Å². The Hall–Kier alpha value is -1.38. The first-order valence-electron chi connectivity index (χ1n) is 5.62. The largest absolute Gasteiger partial charge is 0.481 e. The molecule has 0 aliphatic rings. The lowest BCUT2D eigenvalue weighted by atomic mass is 10.0. The van der Waals surface area contributed by atoms with E-state index in [2.05, 4.69) is 13.2 Å². The molecule has 3 heteroatoms. The summed E-state index contributed by atoms with van der Waals surface area (Å²) in [7, 11) is 0. The third-order valence-electron chi connectivity index (χ3n) is 2.52. The molecule has 0 aromatic heterocycles. The van der Waals surface area contributed by atoms with Gasteiger partial charge in [-0.2, -0.15) is 0 Å². The second-order valence-electron chi connectivity index (χ2n) is 3.80. The van der Waals surface area contributed by atoms with Crippen LogP contribution in [0.15, 0.2) is 25.3 Å².